The van der Waals surface area contributed by atoms with Crippen molar-refractivity contribution < 1.29 is 4.74 Å². The number of methoxy groups -OCH3 is 1. The molecule has 0 unspecified atom stereocenters. The summed E-state index contributed by atoms with van der Waals surface area (Å²) in [5.41, 5.74) is 1.22. The maximum absolute atomic E-state index is 5.02. The first kappa shape index (κ1) is 12.6. The number of aromatic nitrogens is 1. The highest BCUT2D eigenvalue weighted by Gasteiger charge is 2.01. The molecule has 1 rings (SSSR count). The maximum atomic E-state index is 5.02. The van der Waals surface area contributed by atoms with Crippen LogP contribution in [0.5, 0.6) is 0 Å². The lowest BCUT2D eigenvalue weighted by atomic mass is 10.3. The minimum Gasteiger partial charge on any atom is -0.385 e. The molecule has 15 heavy (non-hydrogen) atoms. The standard InChI is InChI=1S/C11H20N2OS/c1-3-12-7-6-10-9-15-11(13-10)5-4-8-14-2/h9,12H,3-8H2,1-2H3. The third-order valence-corrected chi connectivity index (χ3v) is 3.10. The average Bonchev–Trinajstić information content (AvgIpc) is 2.67. The predicted molar refractivity (Wildman–Crippen MR) is 64.6 cm³/mol. The molecule has 0 saturated carbocycles. The largest absolute Gasteiger partial charge is 0.385 e. The smallest absolute Gasteiger partial charge is 0.0929 e. The van der Waals surface area contributed by atoms with Crippen molar-refractivity contribution >= 4 is 11.3 Å². The van der Waals surface area contributed by atoms with E-state index in [0.29, 0.717) is 0 Å². The lowest BCUT2D eigenvalue weighted by Gasteiger charge is -1.98. The van der Waals surface area contributed by atoms with Crippen LogP contribution in [0.15, 0.2) is 5.38 Å². The van der Waals surface area contributed by atoms with Crippen LogP contribution in [0.1, 0.15) is 24.0 Å². The number of ether oxygens (including phenoxy) is 1. The number of aryl methyl sites for hydroxylation is 1. The Kier molecular flexibility index (Phi) is 6.55. The van der Waals surface area contributed by atoms with Crippen LogP contribution in [0.4, 0.5) is 0 Å². The molecule has 0 aliphatic rings. The summed E-state index contributed by atoms with van der Waals surface area (Å²) in [4.78, 5) is 4.58. The van der Waals surface area contributed by atoms with Gasteiger partial charge < -0.3 is 10.1 Å². The van der Waals surface area contributed by atoms with Crippen molar-refractivity contribution in [1.82, 2.24) is 10.3 Å². The third-order valence-electron chi connectivity index (χ3n) is 2.15. The van der Waals surface area contributed by atoms with Gasteiger partial charge in [-0.2, -0.15) is 0 Å². The molecular formula is C11H20N2OS. The topological polar surface area (TPSA) is 34.1 Å². The molecule has 86 valence electrons. The second-order valence-electron chi connectivity index (χ2n) is 3.43. The Balaban J connectivity index is 2.23. The Morgan fingerprint density at radius 1 is 1.47 bits per heavy atom. The Bertz CT molecular complexity index is 238. The van der Waals surface area contributed by atoms with E-state index in [9.17, 15) is 0 Å². The van der Waals surface area contributed by atoms with E-state index in [-0.39, 0.29) is 0 Å². The lowest BCUT2D eigenvalue weighted by Crippen LogP contribution is -2.16. The van der Waals surface area contributed by atoms with Gasteiger partial charge in [0, 0.05) is 38.5 Å². The summed E-state index contributed by atoms with van der Waals surface area (Å²) in [5, 5.41) is 6.70. The van der Waals surface area contributed by atoms with Crippen molar-refractivity contribution in [3.05, 3.63) is 16.1 Å². The minimum absolute atomic E-state index is 0.826. The van der Waals surface area contributed by atoms with E-state index < -0.39 is 0 Å². The third kappa shape index (κ3) is 5.25. The van der Waals surface area contributed by atoms with Crippen LogP contribution in [-0.4, -0.2) is 31.8 Å². The fourth-order valence-electron chi connectivity index (χ4n) is 1.34. The van der Waals surface area contributed by atoms with Gasteiger partial charge in [0.15, 0.2) is 0 Å². The number of hydrogen-bond acceptors (Lipinski definition) is 4. The first-order chi connectivity index (χ1) is 7.36. The average molecular weight is 228 g/mol. The first-order valence-corrected chi connectivity index (χ1v) is 6.37. The Hall–Kier alpha value is -0.450. The predicted octanol–water partition coefficient (Wildman–Crippen LogP) is 1.87. The molecule has 1 aromatic heterocycles. The Morgan fingerprint density at radius 2 is 2.33 bits per heavy atom. The van der Waals surface area contributed by atoms with Crippen molar-refractivity contribution in [3.63, 3.8) is 0 Å². The highest BCUT2D eigenvalue weighted by atomic mass is 32.1. The molecule has 0 amide bonds. The van der Waals surface area contributed by atoms with Gasteiger partial charge in [-0.15, -0.1) is 11.3 Å². The number of rotatable bonds is 8. The Labute approximate surface area is 95.9 Å². The molecule has 0 saturated heterocycles. The number of nitrogens with one attached hydrogen (secondary N) is 1. The van der Waals surface area contributed by atoms with Crippen molar-refractivity contribution in [2.45, 2.75) is 26.2 Å². The van der Waals surface area contributed by atoms with E-state index >= 15 is 0 Å². The molecule has 4 heteroatoms. The van der Waals surface area contributed by atoms with Crippen LogP contribution >= 0.6 is 11.3 Å². The molecule has 0 aliphatic heterocycles. The molecule has 0 aromatic carbocycles. The summed E-state index contributed by atoms with van der Waals surface area (Å²) < 4.78 is 5.02. The van der Waals surface area contributed by atoms with Crippen molar-refractivity contribution in [2.24, 2.45) is 0 Å². The summed E-state index contributed by atoms with van der Waals surface area (Å²) in [6.45, 7) is 5.01. The molecule has 1 heterocycles. The zero-order chi connectivity index (χ0) is 10.9. The SMILES string of the molecule is CCNCCc1csc(CCCOC)n1. The summed E-state index contributed by atoms with van der Waals surface area (Å²) in [5.74, 6) is 0. The minimum atomic E-state index is 0.826. The fraction of sp³-hybridized carbons (Fsp3) is 0.727. The number of nitrogens with zero attached hydrogens (tertiary/aromatic N) is 1. The van der Waals surface area contributed by atoms with E-state index in [4.69, 9.17) is 4.74 Å². The molecule has 1 N–H and O–H groups in total. The van der Waals surface area contributed by atoms with Gasteiger partial charge in [-0.1, -0.05) is 6.92 Å². The second kappa shape index (κ2) is 7.79. The van der Waals surface area contributed by atoms with Gasteiger partial charge in [0.25, 0.3) is 0 Å². The van der Waals surface area contributed by atoms with Gasteiger partial charge in [0.1, 0.15) is 0 Å². The van der Waals surface area contributed by atoms with Gasteiger partial charge in [0.05, 0.1) is 10.7 Å². The molecule has 0 atom stereocenters. The zero-order valence-corrected chi connectivity index (χ0v) is 10.4. The van der Waals surface area contributed by atoms with Crippen LogP contribution in [-0.2, 0) is 17.6 Å². The van der Waals surface area contributed by atoms with Gasteiger partial charge in [-0.25, -0.2) is 4.98 Å². The summed E-state index contributed by atoms with van der Waals surface area (Å²) >= 11 is 1.76. The van der Waals surface area contributed by atoms with Gasteiger partial charge in [-0.3, -0.25) is 0 Å². The maximum Gasteiger partial charge on any atom is 0.0929 e. The fourth-order valence-corrected chi connectivity index (χ4v) is 2.21. The molecule has 0 spiro atoms. The van der Waals surface area contributed by atoms with Crippen LogP contribution in [0.3, 0.4) is 0 Å². The van der Waals surface area contributed by atoms with E-state index in [1.54, 1.807) is 18.4 Å². The molecule has 1 aromatic rings. The molecule has 0 aliphatic carbocycles. The van der Waals surface area contributed by atoms with Gasteiger partial charge in [0.2, 0.25) is 0 Å². The van der Waals surface area contributed by atoms with E-state index in [2.05, 4.69) is 22.6 Å². The molecule has 0 fully saturated rings. The van der Waals surface area contributed by atoms with Crippen LogP contribution in [0.2, 0.25) is 0 Å². The molecule has 3 nitrogen and oxygen atoms in total. The van der Waals surface area contributed by atoms with Gasteiger partial charge in [-0.05, 0) is 13.0 Å². The molecule has 0 radical (unpaired) electrons. The van der Waals surface area contributed by atoms with Gasteiger partial charge >= 0.3 is 0 Å². The highest BCUT2D eigenvalue weighted by Crippen LogP contribution is 2.12. The number of hydrogen-bond donors (Lipinski definition) is 1. The van der Waals surface area contributed by atoms with Crippen LogP contribution in [0, 0.1) is 0 Å². The number of thiazole rings is 1. The van der Waals surface area contributed by atoms with E-state index in [1.807, 2.05) is 0 Å². The van der Waals surface area contributed by atoms with E-state index in [0.717, 1.165) is 39.0 Å². The second-order valence-corrected chi connectivity index (χ2v) is 4.38. The zero-order valence-electron chi connectivity index (χ0n) is 9.58. The van der Waals surface area contributed by atoms with Crippen LogP contribution in [0.25, 0.3) is 0 Å². The first-order valence-electron chi connectivity index (χ1n) is 5.49. The summed E-state index contributed by atoms with van der Waals surface area (Å²) in [6.07, 6.45) is 3.14. The normalized spacial score (nSPS) is 10.8. The van der Waals surface area contributed by atoms with Crippen molar-refractivity contribution in [3.8, 4) is 0 Å². The number of likely N-dealkylation sites (N-methyl/N-ethyl adjacent to an activating group) is 1. The Morgan fingerprint density at radius 3 is 3.07 bits per heavy atom. The summed E-state index contributed by atoms with van der Waals surface area (Å²) in [7, 11) is 1.74. The lowest BCUT2D eigenvalue weighted by molar-refractivity contribution is 0.195. The van der Waals surface area contributed by atoms with Crippen molar-refractivity contribution in [1.29, 1.82) is 0 Å². The monoisotopic (exact) mass is 228 g/mol. The molecular weight excluding hydrogens is 208 g/mol. The molecule has 0 bridgehead atoms. The quantitative estimate of drug-likeness (QED) is 0.690. The summed E-state index contributed by atoms with van der Waals surface area (Å²) in [6, 6.07) is 0. The van der Waals surface area contributed by atoms with Crippen molar-refractivity contribution in [2.75, 3.05) is 26.8 Å². The van der Waals surface area contributed by atoms with E-state index in [1.165, 1.54) is 10.7 Å². The highest BCUT2D eigenvalue weighted by molar-refractivity contribution is 7.09. The van der Waals surface area contributed by atoms with Crippen LogP contribution < -0.4 is 5.32 Å².